The van der Waals surface area contributed by atoms with E-state index in [1.807, 2.05) is 6.07 Å². The lowest BCUT2D eigenvalue weighted by Crippen LogP contribution is -2.27. The Balaban J connectivity index is 2.04. The summed E-state index contributed by atoms with van der Waals surface area (Å²) in [4.78, 5) is 0. The van der Waals surface area contributed by atoms with Crippen LogP contribution in [-0.4, -0.2) is 16.2 Å². The first-order chi connectivity index (χ1) is 10.4. The minimum Gasteiger partial charge on any atom is -0.494 e. The van der Waals surface area contributed by atoms with Gasteiger partial charge in [0.15, 0.2) is 5.88 Å². The zero-order valence-corrected chi connectivity index (χ0v) is 12.2. The SMILES string of the molecule is C[C@H]1C[C@@H]1c1cc(C(F)(F)F)c2c(O)n3c(c2c1)CNCC3. The topological polar surface area (TPSA) is 37.2 Å². The largest absolute Gasteiger partial charge is 0.494 e. The van der Waals surface area contributed by atoms with E-state index in [0.29, 0.717) is 30.9 Å². The number of aromatic hydroxyl groups is 1. The molecule has 1 aromatic carbocycles. The van der Waals surface area contributed by atoms with Gasteiger partial charge in [-0.1, -0.05) is 6.92 Å². The molecule has 0 radical (unpaired) electrons. The van der Waals surface area contributed by atoms with Gasteiger partial charge < -0.3 is 15.0 Å². The molecule has 0 unspecified atom stereocenters. The molecule has 22 heavy (non-hydrogen) atoms. The molecule has 1 aromatic heterocycles. The van der Waals surface area contributed by atoms with E-state index in [9.17, 15) is 18.3 Å². The number of hydrogen-bond donors (Lipinski definition) is 2. The summed E-state index contributed by atoms with van der Waals surface area (Å²) >= 11 is 0. The molecule has 1 fully saturated rings. The maximum atomic E-state index is 13.5. The molecule has 0 saturated heterocycles. The summed E-state index contributed by atoms with van der Waals surface area (Å²) in [6.07, 6.45) is -3.53. The average Bonchev–Trinajstić information content (AvgIpc) is 3.14. The number of nitrogens with one attached hydrogen (secondary N) is 1. The first-order valence-electron chi connectivity index (χ1n) is 7.54. The van der Waals surface area contributed by atoms with Crippen LogP contribution in [0.2, 0.25) is 0 Å². The number of rotatable bonds is 1. The van der Waals surface area contributed by atoms with E-state index < -0.39 is 11.7 Å². The summed E-state index contributed by atoms with van der Waals surface area (Å²) in [5.74, 6) is 0.387. The fourth-order valence-corrected chi connectivity index (χ4v) is 3.59. The minimum absolute atomic E-state index is 0.0525. The fraction of sp³-hybridized carbons (Fsp3) is 0.500. The molecule has 2 heterocycles. The number of nitrogens with zero attached hydrogens (tertiary/aromatic N) is 1. The quantitative estimate of drug-likeness (QED) is 0.844. The van der Waals surface area contributed by atoms with Gasteiger partial charge in [0.1, 0.15) is 0 Å². The van der Waals surface area contributed by atoms with E-state index in [1.54, 1.807) is 4.57 Å². The molecule has 2 N–H and O–H groups in total. The van der Waals surface area contributed by atoms with Crippen LogP contribution in [0.3, 0.4) is 0 Å². The normalized spacial score (nSPS) is 24.5. The Hall–Kier alpha value is -1.69. The maximum Gasteiger partial charge on any atom is 0.417 e. The summed E-state index contributed by atoms with van der Waals surface area (Å²) in [6, 6.07) is 3.08. The molecule has 0 bridgehead atoms. The summed E-state index contributed by atoms with van der Waals surface area (Å²) in [6.45, 7) is 3.67. The van der Waals surface area contributed by atoms with Gasteiger partial charge in [0.25, 0.3) is 0 Å². The average molecular weight is 310 g/mol. The molecule has 0 amide bonds. The summed E-state index contributed by atoms with van der Waals surface area (Å²) in [7, 11) is 0. The van der Waals surface area contributed by atoms with Crippen molar-refractivity contribution in [3.8, 4) is 5.88 Å². The van der Waals surface area contributed by atoms with E-state index in [0.717, 1.165) is 17.7 Å². The Morgan fingerprint density at radius 2 is 2.05 bits per heavy atom. The maximum absolute atomic E-state index is 13.5. The van der Waals surface area contributed by atoms with Crippen LogP contribution < -0.4 is 5.32 Å². The van der Waals surface area contributed by atoms with E-state index in [2.05, 4.69) is 12.2 Å². The third kappa shape index (κ3) is 1.93. The predicted molar refractivity (Wildman–Crippen MR) is 76.8 cm³/mol. The molecule has 6 heteroatoms. The summed E-state index contributed by atoms with van der Waals surface area (Å²) in [5, 5.41) is 14.0. The second-order valence-electron chi connectivity index (χ2n) is 6.41. The fourth-order valence-electron chi connectivity index (χ4n) is 3.59. The van der Waals surface area contributed by atoms with E-state index in [4.69, 9.17) is 0 Å². The zero-order chi connectivity index (χ0) is 15.6. The monoisotopic (exact) mass is 310 g/mol. The zero-order valence-electron chi connectivity index (χ0n) is 12.2. The molecule has 1 aliphatic heterocycles. The summed E-state index contributed by atoms with van der Waals surface area (Å²) in [5.41, 5.74) is 0.782. The Morgan fingerprint density at radius 3 is 2.68 bits per heavy atom. The van der Waals surface area contributed by atoms with Crippen molar-refractivity contribution in [3.05, 3.63) is 29.0 Å². The first kappa shape index (κ1) is 13.9. The van der Waals surface area contributed by atoms with Crippen LogP contribution in [0.15, 0.2) is 12.1 Å². The van der Waals surface area contributed by atoms with E-state index in [1.165, 1.54) is 6.07 Å². The second-order valence-corrected chi connectivity index (χ2v) is 6.41. The number of fused-ring (bicyclic) bond motifs is 3. The van der Waals surface area contributed by atoms with Crippen molar-refractivity contribution >= 4 is 10.8 Å². The molecule has 1 aliphatic carbocycles. The van der Waals surface area contributed by atoms with Crippen molar-refractivity contribution in [1.29, 1.82) is 0 Å². The lowest BCUT2D eigenvalue weighted by atomic mass is 9.99. The Kier molecular flexibility index (Phi) is 2.79. The highest BCUT2D eigenvalue weighted by Gasteiger charge is 2.40. The van der Waals surface area contributed by atoms with Crippen molar-refractivity contribution in [2.75, 3.05) is 6.54 Å². The van der Waals surface area contributed by atoms with Crippen LogP contribution in [0.1, 0.15) is 36.1 Å². The van der Waals surface area contributed by atoms with Gasteiger partial charge in [0, 0.05) is 30.7 Å². The van der Waals surface area contributed by atoms with Crippen LogP contribution in [0.5, 0.6) is 5.88 Å². The smallest absolute Gasteiger partial charge is 0.417 e. The predicted octanol–water partition coefficient (Wildman–Crippen LogP) is 3.59. The van der Waals surface area contributed by atoms with Gasteiger partial charge in [-0.3, -0.25) is 0 Å². The molecule has 2 aromatic rings. The van der Waals surface area contributed by atoms with Crippen LogP contribution >= 0.6 is 0 Å². The molecular formula is C16H17F3N2O. The van der Waals surface area contributed by atoms with Gasteiger partial charge >= 0.3 is 6.18 Å². The molecule has 2 aliphatic rings. The standard InChI is InChI=1S/C16H17F3N2O/c1-8-4-10(8)9-5-11-13-7-20-2-3-21(13)15(22)14(11)12(6-9)16(17,18)19/h5-6,8,10,20,22H,2-4,7H2,1H3/t8-,10-/m0/s1. The van der Waals surface area contributed by atoms with Crippen LogP contribution in [0, 0.1) is 5.92 Å². The second kappa shape index (κ2) is 4.41. The number of aromatic nitrogens is 1. The van der Waals surface area contributed by atoms with Crippen molar-refractivity contribution in [2.24, 2.45) is 5.92 Å². The lowest BCUT2D eigenvalue weighted by molar-refractivity contribution is -0.136. The third-order valence-corrected chi connectivity index (χ3v) is 4.92. The number of alkyl halides is 3. The van der Waals surface area contributed by atoms with Crippen LogP contribution in [0.25, 0.3) is 10.8 Å². The molecule has 4 rings (SSSR count). The van der Waals surface area contributed by atoms with Crippen LogP contribution in [0.4, 0.5) is 13.2 Å². The van der Waals surface area contributed by atoms with E-state index in [-0.39, 0.29) is 17.2 Å². The number of halogens is 3. The van der Waals surface area contributed by atoms with Crippen LogP contribution in [-0.2, 0) is 19.3 Å². The van der Waals surface area contributed by atoms with Gasteiger partial charge in [0.2, 0.25) is 0 Å². The highest BCUT2D eigenvalue weighted by molar-refractivity contribution is 5.95. The molecule has 0 spiro atoms. The Bertz CT molecular complexity index is 763. The Labute approximate surface area is 125 Å². The number of hydrogen-bond acceptors (Lipinski definition) is 2. The number of benzene rings is 1. The third-order valence-electron chi connectivity index (χ3n) is 4.92. The molecular weight excluding hydrogens is 293 g/mol. The molecule has 1 saturated carbocycles. The first-order valence-corrected chi connectivity index (χ1v) is 7.54. The van der Waals surface area contributed by atoms with E-state index >= 15 is 0 Å². The Morgan fingerprint density at radius 1 is 1.32 bits per heavy atom. The molecule has 2 atom stereocenters. The van der Waals surface area contributed by atoms with Crippen molar-refractivity contribution in [3.63, 3.8) is 0 Å². The van der Waals surface area contributed by atoms with Gasteiger partial charge in [-0.05, 0) is 36.0 Å². The highest BCUT2D eigenvalue weighted by atomic mass is 19.4. The molecule has 118 valence electrons. The van der Waals surface area contributed by atoms with Crippen molar-refractivity contribution in [1.82, 2.24) is 9.88 Å². The van der Waals surface area contributed by atoms with Gasteiger partial charge in [0.05, 0.1) is 10.9 Å². The van der Waals surface area contributed by atoms with Crippen molar-refractivity contribution < 1.29 is 18.3 Å². The van der Waals surface area contributed by atoms with Gasteiger partial charge in [-0.25, -0.2) is 0 Å². The summed E-state index contributed by atoms with van der Waals surface area (Å²) < 4.78 is 42.1. The van der Waals surface area contributed by atoms with Gasteiger partial charge in [-0.15, -0.1) is 0 Å². The minimum atomic E-state index is -4.46. The van der Waals surface area contributed by atoms with Crippen molar-refractivity contribution in [2.45, 2.75) is 38.5 Å². The lowest BCUT2D eigenvalue weighted by Gasteiger charge is -2.17. The highest BCUT2D eigenvalue weighted by Crippen LogP contribution is 2.51. The van der Waals surface area contributed by atoms with Gasteiger partial charge in [-0.2, -0.15) is 13.2 Å². The molecule has 3 nitrogen and oxygen atoms in total.